The van der Waals surface area contributed by atoms with E-state index in [4.69, 9.17) is 0 Å². The maximum Gasteiger partial charge on any atom is 0.196 e. The lowest BCUT2D eigenvalue weighted by Crippen LogP contribution is -2.28. The molecule has 2 unspecified atom stereocenters. The van der Waals surface area contributed by atoms with E-state index in [0.29, 0.717) is 22.3 Å². The van der Waals surface area contributed by atoms with Crippen LogP contribution in [0.15, 0.2) is 36.4 Å². The van der Waals surface area contributed by atoms with Crippen LogP contribution >= 0.6 is 0 Å². The third-order valence-corrected chi connectivity index (χ3v) is 7.89. The molecule has 0 amide bonds. The van der Waals surface area contributed by atoms with Gasteiger partial charge in [0.2, 0.25) is 0 Å². The van der Waals surface area contributed by atoms with E-state index in [0.717, 1.165) is 76.3 Å². The fraction of sp³-hybridized carbons (Fsp3) is 0.562. The number of carbonyl (C=O) groups is 2. The molecule has 3 rings (SSSR count). The summed E-state index contributed by atoms with van der Waals surface area (Å²) in [7, 11) is 0. The quantitative estimate of drug-likeness (QED) is 0.231. The van der Waals surface area contributed by atoms with E-state index in [1.54, 1.807) is 12.1 Å². The van der Waals surface area contributed by atoms with Crippen LogP contribution in [0.3, 0.4) is 0 Å². The van der Waals surface area contributed by atoms with Gasteiger partial charge in [-0.05, 0) is 90.9 Å². The Balaban J connectivity index is 1.74. The number of ketones is 2. The van der Waals surface area contributed by atoms with Gasteiger partial charge < -0.3 is 20.4 Å². The van der Waals surface area contributed by atoms with Crippen molar-refractivity contribution < 1.29 is 9.59 Å². The first-order valence-corrected chi connectivity index (χ1v) is 14.7. The van der Waals surface area contributed by atoms with Crippen molar-refractivity contribution in [1.29, 1.82) is 0 Å². The Morgan fingerprint density at radius 1 is 0.632 bits per heavy atom. The Morgan fingerprint density at radius 3 is 1.34 bits per heavy atom. The molecule has 0 aliphatic heterocycles. The summed E-state index contributed by atoms with van der Waals surface area (Å²) in [4.78, 5) is 32.4. The highest BCUT2D eigenvalue weighted by atomic mass is 16.1. The molecule has 0 saturated carbocycles. The predicted octanol–water partition coefficient (Wildman–Crippen LogP) is 6.31. The molecular weight excluding hydrogens is 472 g/mol. The zero-order valence-corrected chi connectivity index (χ0v) is 24.4. The summed E-state index contributed by atoms with van der Waals surface area (Å²) in [6.07, 6.45) is 4.17. The van der Waals surface area contributed by atoms with Gasteiger partial charge in [-0.1, -0.05) is 52.0 Å². The average molecular weight is 521 g/mol. The molecule has 2 aromatic rings. The van der Waals surface area contributed by atoms with Gasteiger partial charge in [0.05, 0.1) is 11.1 Å². The molecule has 1 aliphatic carbocycles. The van der Waals surface area contributed by atoms with Crippen LogP contribution in [0, 0.1) is 0 Å². The second kappa shape index (κ2) is 14.5. The molecule has 6 heteroatoms. The lowest BCUT2D eigenvalue weighted by Gasteiger charge is -2.26. The first-order valence-electron chi connectivity index (χ1n) is 14.7. The van der Waals surface area contributed by atoms with E-state index in [-0.39, 0.29) is 23.7 Å². The highest BCUT2D eigenvalue weighted by Crippen LogP contribution is 2.36. The van der Waals surface area contributed by atoms with Gasteiger partial charge in [0, 0.05) is 34.6 Å². The van der Waals surface area contributed by atoms with Gasteiger partial charge in [0.25, 0.3) is 0 Å². The van der Waals surface area contributed by atoms with Crippen molar-refractivity contribution in [2.24, 2.45) is 0 Å². The van der Waals surface area contributed by atoms with Crippen LogP contribution in [0.4, 0.5) is 11.4 Å². The highest BCUT2D eigenvalue weighted by Gasteiger charge is 2.34. The lowest BCUT2D eigenvalue weighted by atomic mass is 9.82. The second-order valence-corrected chi connectivity index (χ2v) is 10.5. The molecule has 6 nitrogen and oxygen atoms in total. The summed E-state index contributed by atoms with van der Waals surface area (Å²) in [5, 5.41) is 7.08. The minimum Gasteiger partial charge on any atom is -0.382 e. The van der Waals surface area contributed by atoms with E-state index in [1.807, 2.05) is 24.3 Å². The van der Waals surface area contributed by atoms with E-state index >= 15 is 0 Å². The van der Waals surface area contributed by atoms with Gasteiger partial charge >= 0.3 is 0 Å². The van der Waals surface area contributed by atoms with Crippen LogP contribution in [-0.4, -0.2) is 72.7 Å². The first kappa shape index (κ1) is 29.9. The van der Waals surface area contributed by atoms with Crippen molar-refractivity contribution in [2.45, 2.75) is 79.3 Å². The normalized spacial score (nSPS) is 14.4. The SMILES string of the molecule is CCN(CC)CCCC(C)Nc1cccc2c1C(=O)c1cccc(NC(C)CCCN(CC)CC)c1C2=O. The Morgan fingerprint density at radius 2 is 1.00 bits per heavy atom. The Bertz CT molecular complexity index is 990. The standard InChI is InChI=1S/C32H48N4O2/c1-7-35(8-2)21-13-15-23(5)33-27-19-11-17-25-29(27)31(37)26-18-12-20-28(30(26)32(25)38)34-24(6)16-14-22-36(9-3)10-4/h11-12,17-20,23-24,33-34H,7-10,13-16,21-22H2,1-6H3. The van der Waals surface area contributed by atoms with Gasteiger partial charge in [-0.25, -0.2) is 0 Å². The highest BCUT2D eigenvalue weighted by molar-refractivity contribution is 6.31. The maximum atomic E-state index is 13.8. The van der Waals surface area contributed by atoms with Gasteiger partial charge in [-0.2, -0.15) is 0 Å². The zero-order chi connectivity index (χ0) is 27.7. The van der Waals surface area contributed by atoms with E-state index in [9.17, 15) is 9.59 Å². The third-order valence-electron chi connectivity index (χ3n) is 7.89. The number of rotatable bonds is 16. The molecule has 0 saturated heterocycles. The molecule has 0 aromatic heterocycles. The van der Waals surface area contributed by atoms with E-state index in [2.05, 4.69) is 62.0 Å². The number of nitrogens with zero attached hydrogens (tertiary/aromatic N) is 2. The Hall–Kier alpha value is -2.70. The predicted molar refractivity (Wildman–Crippen MR) is 160 cm³/mol. The van der Waals surface area contributed by atoms with Gasteiger partial charge in [0.15, 0.2) is 11.6 Å². The number of hydrogen-bond donors (Lipinski definition) is 2. The monoisotopic (exact) mass is 520 g/mol. The summed E-state index contributed by atoms with van der Waals surface area (Å²) in [6, 6.07) is 11.6. The van der Waals surface area contributed by atoms with E-state index in [1.165, 1.54) is 0 Å². The number of hydrogen-bond acceptors (Lipinski definition) is 6. The number of carbonyl (C=O) groups excluding carboxylic acids is 2. The second-order valence-electron chi connectivity index (χ2n) is 10.5. The molecular formula is C32H48N4O2. The number of fused-ring (bicyclic) bond motifs is 2. The van der Waals surface area contributed by atoms with Crippen molar-refractivity contribution in [3.8, 4) is 0 Å². The van der Waals surface area contributed by atoms with Crippen molar-refractivity contribution >= 4 is 22.9 Å². The first-order chi connectivity index (χ1) is 18.3. The lowest BCUT2D eigenvalue weighted by molar-refractivity contribution is 0.0980. The van der Waals surface area contributed by atoms with Crippen molar-refractivity contribution in [3.05, 3.63) is 58.7 Å². The summed E-state index contributed by atoms with van der Waals surface area (Å²) in [5.41, 5.74) is 3.50. The van der Waals surface area contributed by atoms with Crippen LogP contribution in [0.2, 0.25) is 0 Å². The molecule has 208 valence electrons. The number of anilines is 2. The van der Waals surface area contributed by atoms with Crippen molar-refractivity contribution in [2.75, 3.05) is 49.9 Å². The molecule has 0 bridgehead atoms. The van der Waals surface area contributed by atoms with Crippen LogP contribution in [0.25, 0.3) is 0 Å². The molecule has 1 aliphatic rings. The largest absolute Gasteiger partial charge is 0.382 e. The average Bonchev–Trinajstić information content (AvgIpc) is 2.92. The number of nitrogens with one attached hydrogen (secondary N) is 2. The molecule has 2 atom stereocenters. The fourth-order valence-corrected chi connectivity index (χ4v) is 5.48. The third kappa shape index (κ3) is 7.23. The topological polar surface area (TPSA) is 64.7 Å². The minimum atomic E-state index is -0.0779. The van der Waals surface area contributed by atoms with Gasteiger partial charge in [-0.3, -0.25) is 9.59 Å². The van der Waals surface area contributed by atoms with E-state index < -0.39 is 0 Å². The van der Waals surface area contributed by atoms with Crippen molar-refractivity contribution in [1.82, 2.24) is 9.80 Å². The summed E-state index contributed by atoms with van der Waals surface area (Å²) < 4.78 is 0. The smallest absolute Gasteiger partial charge is 0.196 e. The summed E-state index contributed by atoms with van der Waals surface area (Å²) in [5.74, 6) is -0.156. The Labute approximate surface area is 230 Å². The van der Waals surface area contributed by atoms with Crippen LogP contribution in [0.5, 0.6) is 0 Å². The van der Waals surface area contributed by atoms with Gasteiger partial charge in [-0.15, -0.1) is 0 Å². The fourth-order valence-electron chi connectivity index (χ4n) is 5.48. The molecule has 0 spiro atoms. The molecule has 0 radical (unpaired) electrons. The van der Waals surface area contributed by atoms with Crippen molar-refractivity contribution in [3.63, 3.8) is 0 Å². The summed E-state index contributed by atoms with van der Waals surface area (Å²) in [6.45, 7) is 19.4. The maximum absolute atomic E-state index is 13.8. The van der Waals surface area contributed by atoms with Crippen LogP contribution in [-0.2, 0) is 0 Å². The molecule has 2 aromatic carbocycles. The molecule has 0 fully saturated rings. The van der Waals surface area contributed by atoms with Gasteiger partial charge in [0.1, 0.15) is 0 Å². The molecule has 38 heavy (non-hydrogen) atoms. The van der Waals surface area contributed by atoms with Crippen LogP contribution < -0.4 is 10.6 Å². The zero-order valence-electron chi connectivity index (χ0n) is 24.4. The number of benzene rings is 2. The molecule has 2 N–H and O–H groups in total. The Kier molecular flexibility index (Phi) is 11.4. The minimum absolute atomic E-state index is 0.0779. The molecule has 0 heterocycles. The summed E-state index contributed by atoms with van der Waals surface area (Å²) >= 11 is 0. The van der Waals surface area contributed by atoms with Crippen LogP contribution in [0.1, 0.15) is 99.1 Å².